The van der Waals surface area contributed by atoms with Gasteiger partial charge in [-0.1, -0.05) is 24.3 Å². The highest BCUT2D eigenvalue weighted by atomic mass is 35.5. The average Bonchev–Trinajstić information content (AvgIpc) is 2.70. The molecule has 0 aromatic heterocycles. The quantitative estimate of drug-likeness (QED) is 0.394. The van der Waals surface area contributed by atoms with E-state index in [1.165, 1.54) is 0 Å². The molecule has 7 heteroatoms. The molecule has 5 nitrogen and oxygen atoms in total. The number of benzene rings is 2. The Morgan fingerprint density at radius 3 is 1.96 bits per heavy atom. The second-order valence-corrected chi connectivity index (χ2v) is 6.96. The Morgan fingerprint density at radius 1 is 0.889 bits per heavy atom. The molecule has 0 heterocycles. The fraction of sp³-hybridized carbons (Fsp3) is 0.300. The van der Waals surface area contributed by atoms with Crippen LogP contribution < -0.4 is 10.6 Å². The monoisotopic (exact) mass is 406 g/mol. The first-order valence-corrected chi connectivity index (χ1v) is 9.78. The summed E-state index contributed by atoms with van der Waals surface area (Å²) in [6.07, 6.45) is -0.0257. The molecule has 1 atom stereocenters. The molecule has 3 N–H and O–H groups in total. The third kappa shape index (κ3) is 3.95. The molecule has 2 aromatic carbocycles. The highest BCUT2D eigenvalue weighted by Crippen LogP contribution is 2.36. The minimum atomic E-state index is -0.759. The molecule has 0 amide bonds. The van der Waals surface area contributed by atoms with Gasteiger partial charge in [-0.05, 0) is 18.6 Å². The number of hydrogen-bond acceptors (Lipinski definition) is 5. The van der Waals surface area contributed by atoms with Crippen molar-refractivity contribution in [2.75, 3.05) is 35.5 Å². The lowest BCUT2D eigenvalue weighted by Gasteiger charge is -2.24. The van der Waals surface area contributed by atoms with Gasteiger partial charge in [0.15, 0.2) is 11.6 Å². The Morgan fingerprint density at radius 2 is 1.44 bits per heavy atom. The van der Waals surface area contributed by atoms with Crippen molar-refractivity contribution in [2.24, 2.45) is 0 Å². The number of halogens is 2. The maximum atomic E-state index is 13.1. The largest absolute Gasteiger partial charge is 0.390 e. The smallest absolute Gasteiger partial charge is 0.196 e. The summed E-state index contributed by atoms with van der Waals surface area (Å²) in [6, 6.07) is 10.3. The maximum absolute atomic E-state index is 13.1. The van der Waals surface area contributed by atoms with Crippen molar-refractivity contribution in [3.63, 3.8) is 0 Å². The first kappa shape index (κ1) is 19.7. The topological polar surface area (TPSA) is 78.4 Å². The first-order valence-electron chi connectivity index (χ1n) is 8.71. The van der Waals surface area contributed by atoms with E-state index >= 15 is 0 Å². The van der Waals surface area contributed by atoms with Gasteiger partial charge in [-0.25, -0.2) is 0 Å². The zero-order chi connectivity index (χ0) is 19.4. The van der Waals surface area contributed by atoms with Crippen molar-refractivity contribution in [3.8, 4) is 0 Å². The molecule has 0 bridgehead atoms. The molecule has 3 rings (SSSR count). The molecular formula is C20H20Cl2N2O3. The van der Waals surface area contributed by atoms with Crippen molar-refractivity contribution < 1.29 is 14.7 Å². The van der Waals surface area contributed by atoms with Crippen molar-refractivity contribution in [1.29, 1.82) is 0 Å². The Kier molecular flexibility index (Phi) is 6.37. The Labute approximate surface area is 167 Å². The van der Waals surface area contributed by atoms with Crippen LogP contribution in [-0.4, -0.2) is 47.6 Å². The summed E-state index contributed by atoms with van der Waals surface area (Å²) in [4.78, 5) is 26.3. The third-order valence-electron chi connectivity index (χ3n) is 4.41. The molecule has 27 heavy (non-hydrogen) atoms. The molecule has 0 radical (unpaired) electrons. The second kappa shape index (κ2) is 8.74. The van der Waals surface area contributed by atoms with Gasteiger partial charge in [-0.3, -0.25) is 9.59 Å². The van der Waals surface area contributed by atoms with Gasteiger partial charge in [-0.15, -0.1) is 23.2 Å². The lowest BCUT2D eigenvalue weighted by molar-refractivity contribution is 0.0980. The van der Waals surface area contributed by atoms with Crippen LogP contribution in [0, 0.1) is 0 Å². The van der Waals surface area contributed by atoms with Crippen LogP contribution in [-0.2, 0) is 0 Å². The van der Waals surface area contributed by atoms with E-state index < -0.39 is 6.10 Å². The van der Waals surface area contributed by atoms with E-state index in [9.17, 15) is 14.7 Å². The Hall–Kier alpha value is -2.08. The molecule has 0 fully saturated rings. The summed E-state index contributed by atoms with van der Waals surface area (Å²) in [7, 11) is 0. The second-order valence-electron chi connectivity index (χ2n) is 6.27. The number of alkyl halides is 2. The molecule has 0 saturated carbocycles. The van der Waals surface area contributed by atoms with E-state index in [1.54, 1.807) is 36.4 Å². The van der Waals surface area contributed by atoms with E-state index in [2.05, 4.69) is 10.6 Å². The van der Waals surface area contributed by atoms with Gasteiger partial charge in [0.2, 0.25) is 0 Å². The van der Waals surface area contributed by atoms with E-state index in [-0.39, 0.29) is 24.0 Å². The molecule has 1 aliphatic rings. The lowest BCUT2D eigenvalue weighted by Crippen LogP contribution is -2.26. The zero-order valence-corrected chi connectivity index (χ0v) is 16.1. The number of aliphatic hydroxyl groups is 1. The van der Waals surface area contributed by atoms with Gasteiger partial charge in [0.05, 0.1) is 23.1 Å². The van der Waals surface area contributed by atoms with Crippen molar-refractivity contribution in [1.82, 2.24) is 0 Å². The molecule has 2 aromatic rings. The highest BCUT2D eigenvalue weighted by Gasteiger charge is 2.33. The number of hydrogen-bond donors (Lipinski definition) is 3. The van der Waals surface area contributed by atoms with E-state index in [0.717, 1.165) is 6.42 Å². The normalized spacial score (nSPS) is 13.7. The minimum Gasteiger partial charge on any atom is -0.390 e. The minimum absolute atomic E-state index is 0.0724. The number of fused-ring (bicyclic) bond motifs is 2. The molecule has 142 valence electrons. The van der Waals surface area contributed by atoms with Gasteiger partial charge in [-0.2, -0.15) is 0 Å². The number of rotatable bonds is 8. The molecule has 1 aliphatic carbocycles. The summed E-state index contributed by atoms with van der Waals surface area (Å²) in [6.45, 7) is 0.773. The van der Waals surface area contributed by atoms with Crippen LogP contribution >= 0.6 is 23.2 Å². The van der Waals surface area contributed by atoms with Crippen LogP contribution in [0.15, 0.2) is 36.4 Å². The number of aliphatic hydroxyl groups excluding tert-OH is 1. The van der Waals surface area contributed by atoms with E-state index in [0.29, 0.717) is 46.1 Å². The Balaban J connectivity index is 2.07. The van der Waals surface area contributed by atoms with Crippen molar-refractivity contribution >= 4 is 46.1 Å². The summed E-state index contributed by atoms with van der Waals surface area (Å²) < 4.78 is 0. The van der Waals surface area contributed by atoms with Gasteiger partial charge in [0, 0.05) is 41.5 Å². The SMILES string of the molecule is O=C1c2ccccc2C(=O)c2c(NCC(O)CCl)ccc(NCCCCl)c21. The van der Waals surface area contributed by atoms with E-state index in [1.807, 2.05) is 0 Å². The first-order chi connectivity index (χ1) is 13.1. The van der Waals surface area contributed by atoms with Gasteiger partial charge in [0.1, 0.15) is 0 Å². The molecule has 0 saturated heterocycles. The van der Waals surface area contributed by atoms with E-state index in [4.69, 9.17) is 23.2 Å². The predicted molar refractivity (Wildman–Crippen MR) is 109 cm³/mol. The summed E-state index contributed by atoms with van der Waals surface area (Å²) >= 11 is 11.4. The summed E-state index contributed by atoms with van der Waals surface area (Å²) in [5.74, 6) is 0.156. The van der Waals surface area contributed by atoms with Crippen LogP contribution in [0.25, 0.3) is 0 Å². The van der Waals surface area contributed by atoms with Gasteiger partial charge >= 0.3 is 0 Å². The fourth-order valence-corrected chi connectivity index (χ4v) is 3.33. The molecule has 0 aliphatic heterocycles. The van der Waals surface area contributed by atoms with Crippen LogP contribution in [0.4, 0.5) is 11.4 Å². The maximum Gasteiger partial charge on any atom is 0.196 e. The highest BCUT2D eigenvalue weighted by molar-refractivity contribution is 6.31. The fourth-order valence-electron chi connectivity index (χ4n) is 3.09. The van der Waals surface area contributed by atoms with Crippen molar-refractivity contribution in [3.05, 3.63) is 58.7 Å². The number of ketones is 2. The predicted octanol–water partition coefficient (Wildman–Crippen LogP) is 3.51. The number of carbonyl (C=O) groups is 2. The van der Waals surface area contributed by atoms with Crippen molar-refractivity contribution in [2.45, 2.75) is 12.5 Å². The Bertz CT molecular complexity index is 870. The number of anilines is 2. The molecule has 0 spiro atoms. The summed E-state index contributed by atoms with van der Waals surface area (Å²) in [5.41, 5.74) is 2.55. The number of carbonyl (C=O) groups excluding carboxylic acids is 2. The molecular weight excluding hydrogens is 387 g/mol. The molecule has 1 unspecified atom stereocenters. The lowest BCUT2D eigenvalue weighted by atomic mass is 9.82. The van der Waals surface area contributed by atoms with Crippen LogP contribution in [0.3, 0.4) is 0 Å². The third-order valence-corrected chi connectivity index (χ3v) is 5.03. The standard InChI is InChI=1S/C20H20Cl2N2O3/c21-8-3-9-23-15-6-7-16(24-11-12(25)10-22)18-17(15)19(26)13-4-1-2-5-14(13)20(18)27/h1-2,4-7,12,23-25H,3,8-11H2. The van der Waals surface area contributed by atoms with Crippen LogP contribution in [0.1, 0.15) is 38.3 Å². The average molecular weight is 407 g/mol. The van der Waals surface area contributed by atoms with Gasteiger partial charge < -0.3 is 15.7 Å². The van der Waals surface area contributed by atoms with Gasteiger partial charge in [0.25, 0.3) is 0 Å². The van der Waals surface area contributed by atoms with Crippen LogP contribution in [0.5, 0.6) is 0 Å². The van der Waals surface area contributed by atoms with Crippen LogP contribution in [0.2, 0.25) is 0 Å². The summed E-state index contributed by atoms with van der Waals surface area (Å²) in [5, 5.41) is 16.0. The number of nitrogens with one attached hydrogen (secondary N) is 2. The zero-order valence-electron chi connectivity index (χ0n) is 14.6.